The molecule has 24 heavy (non-hydrogen) atoms. The van der Waals surface area contributed by atoms with Gasteiger partial charge in [0.15, 0.2) is 0 Å². The second kappa shape index (κ2) is 5.13. The van der Waals surface area contributed by atoms with Crippen LogP contribution in [0.2, 0.25) is 0 Å². The first-order valence-electron chi connectivity index (χ1n) is 7.53. The highest BCUT2D eigenvalue weighted by Gasteiger charge is 2.17. The van der Waals surface area contributed by atoms with Gasteiger partial charge in [0.25, 0.3) is 5.69 Å². The number of benzene rings is 2. The highest BCUT2D eigenvalue weighted by atomic mass is 16.6. The van der Waals surface area contributed by atoms with Crippen molar-refractivity contribution in [1.82, 2.24) is 14.5 Å². The number of nitrogens with zero attached hydrogens (tertiary/aromatic N) is 4. The summed E-state index contributed by atoms with van der Waals surface area (Å²) in [6.45, 7) is 4.10. The van der Waals surface area contributed by atoms with Crippen molar-refractivity contribution >= 4 is 27.5 Å². The summed E-state index contributed by atoms with van der Waals surface area (Å²) in [5.74, 6) is 0.501. The molecule has 0 saturated carbocycles. The van der Waals surface area contributed by atoms with Crippen LogP contribution in [0, 0.1) is 24.0 Å². The third kappa shape index (κ3) is 2.04. The largest absolute Gasteiger partial charge is 0.278 e. The second-order valence-corrected chi connectivity index (χ2v) is 5.80. The fourth-order valence-electron chi connectivity index (χ4n) is 3.00. The molecule has 0 bridgehead atoms. The molecule has 118 valence electrons. The Kier molecular flexibility index (Phi) is 3.06. The van der Waals surface area contributed by atoms with E-state index in [1.54, 1.807) is 30.6 Å². The van der Waals surface area contributed by atoms with Crippen LogP contribution in [-0.4, -0.2) is 19.5 Å². The van der Waals surface area contributed by atoms with Gasteiger partial charge in [-0.05, 0) is 49.2 Å². The van der Waals surface area contributed by atoms with E-state index in [9.17, 15) is 10.1 Å². The lowest BCUT2D eigenvalue weighted by atomic mass is 10.1. The van der Waals surface area contributed by atoms with Crippen LogP contribution < -0.4 is 0 Å². The summed E-state index contributed by atoms with van der Waals surface area (Å²) < 4.78 is 1.88. The lowest BCUT2D eigenvalue weighted by Gasteiger charge is -2.06. The summed E-state index contributed by atoms with van der Waals surface area (Å²) in [6.07, 6.45) is 3.33. The van der Waals surface area contributed by atoms with Gasteiger partial charge in [-0.2, -0.15) is 0 Å². The Hall–Kier alpha value is -3.28. The summed E-state index contributed by atoms with van der Waals surface area (Å²) >= 11 is 0. The van der Waals surface area contributed by atoms with Crippen LogP contribution in [0.15, 0.2) is 48.8 Å². The molecule has 0 saturated heterocycles. The van der Waals surface area contributed by atoms with E-state index in [2.05, 4.69) is 29.0 Å². The molecular formula is C18H14N4O2. The molecule has 0 aliphatic heterocycles. The molecule has 2 aromatic carbocycles. The molecular weight excluding hydrogens is 304 g/mol. The van der Waals surface area contributed by atoms with Crippen molar-refractivity contribution in [1.29, 1.82) is 0 Å². The van der Waals surface area contributed by atoms with Crippen molar-refractivity contribution < 1.29 is 4.92 Å². The van der Waals surface area contributed by atoms with Gasteiger partial charge in [-0.3, -0.25) is 14.7 Å². The van der Waals surface area contributed by atoms with E-state index in [1.165, 1.54) is 11.6 Å². The van der Waals surface area contributed by atoms with Gasteiger partial charge in [0.1, 0.15) is 0 Å². The standard InChI is InChI=1S/C18H14N4O2/c1-11-8-15-14-5-4-13(22(23)24)10-17(14)21(16(15)9-12(11)2)18-19-6-3-7-20-18/h3-10H,1-2H3. The molecule has 0 aliphatic rings. The summed E-state index contributed by atoms with van der Waals surface area (Å²) in [4.78, 5) is 19.5. The van der Waals surface area contributed by atoms with Gasteiger partial charge < -0.3 is 0 Å². The highest BCUT2D eigenvalue weighted by molar-refractivity contribution is 6.10. The van der Waals surface area contributed by atoms with E-state index >= 15 is 0 Å². The fourth-order valence-corrected chi connectivity index (χ4v) is 3.00. The first kappa shape index (κ1) is 14.3. The minimum Gasteiger partial charge on any atom is -0.278 e. The molecule has 0 atom stereocenters. The molecule has 0 radical (unpaired) electrons. The Morgan fingerprint density at radius 1 is 0.958 bits per heavy atom. The lowest BCUT2D eigenvalue weighted by Crippen LogP contribution is -2.00. The van der Waals surface area contributed by atoms with Crippen molar-refractivity contribution in [2.24, 2.45) is 0 Å². The quantitative estimate of drug-likeness (QED) is 0.412. The maximum atomic E-state index is 11.2. The monoisotopic (exact) mass is 318 g/mol. The van der Waals surface area contributed by atoms with Crippen LogP contribution in [0.3, 0.4) is 0 Å². The van der Waals surface area contributed by atoms with Gasteiger partial charge in [0, 0.05) is 35.3 Å². The van der Waals surface area contributed by atoms with E-state index in [1.807, 2.05) is 11.5 Å². The zero-order valence-electron chi connectivity index (χ0n) is 13.2. The van der Waals surface area contributed by atoms with Crippen LogP contribution in [0.5, 0.6) is 0 Å². The van der Waals surface area contributed by atoms with Gasteiger partial charge in [0.05, 0.1) is 16.0 Å². The normalized spacial score (nSPS) is 11.2. The Morgan fingerprint density at radius 3 is 2.33 bits per heavy atom. The third-order valence-corrected chi connectivity index (χ3v) is 4.33. The maximum Gasteiger partial charge on any atom is 0.271 e. The molecule has 0 N–H and O–H groups in total. The molecule has 2 aromatic heterocycles. The Balaban J connectivity index is 2.21. The number of aromatic nitrogens is 3. The molecule has 4 rings (SSSR count). The minimum absolute atomic E-state index is 0.0518. The van der Waals surface area contributed by atoms with E-state index in [0.717, 1.165) is 27.4 Å². The fraction of sp³-hybridized carbons (Fsp3) is 0.111. The number of aryl methyl sites for hydroxylation is 2. The molecule has 0 unspecified atom stereocenters. The number of hydrogen-bond donors (Lipinski definition) is 0. The Morgan fingerprint density at radius 2 is 1.62 bits per heavy atom. The number of non-ortho nitro benzene ring substituents is 1. The number of nitro benzene ring substituents is 1. The van der Waals surface area contributed by atoms with Crippen LogP contribution >= 0.6 is 0 Å². The SMILES string of the molecule is Cc1cc2c3ccc([N+](=O)[O-])cc3n(-c3ncccn3)c2cc1C. The van der Waals surface area contributed by atoms with Gasteiger partial charge >= 0.3 is 0 Å². The second-order valence-electron chi connectivity index (χ2n) is 5.80. The van der Waals surface area contributed by atoms with E-state index in [0.29, 0.717) is 5.95 Å². The van der Waals surface area contributed by atoms with Crippen molar-refractivity contribution in [3.8, 4) is 5.95 Å². The molecule has 4 aromatic rings. The average molecular weight is 318 g/mol. The molecule has 2 heterocycles. The Bertz CT molecular complexity index is 1100. The van der Waals surface area contributed by atoms with Crippen LogP contribution in [0.1, 0.15) is 11.1 Å². The van der Waals surface area contributed by atoms with Crippen LogP contribution in [0.4, 0.5) is 5.69 Å². The average Bonchev–Trinajstić information content (AvgIpc) is 2.88. The number of hydrogen-bond acceptors (Lipinski definition) is 4. The molecule has 6 heteroatoms. The summed E-state index contributed by atoms with van der Waals surface area (Å²) in [5, 5.41) is 13.2. The Labute approximate surface area is 137 Å². The third-order valence-electron chi connectivity index (χ3n) is 4.33. The van der Waals surface area contributed by atoms with Crippen molar-refractivity contribution in [2.45, 2.75) is 13.8 Å². The molecule has 0 aliphatic carbocycles. The van der Waals surface area contributed by atoms with Crippen molar-refractivity contribution in [3.63, 3.8) is 0 Å². The molecule has 0 spiro atoms. The van der Waals surface area contributed by atoms with E-state index in [4.69, 9.17) is 0 Å². The van der Waals surface area contributed by atoms with Crippen molar-refractivity contribution in [3.05, 3.63) is 70.0 Å². The number of nitro groups is 1. The van der Waals surface area contributed by atoms with Gasteiger partial charge in [-0.1, -0.05) is 0 Å². The molecule has 0 fully saturated rings. The predicted octanol–water partition coefficient (Wildman–Crippen LogP) is 4.10. The van der Waals surface area contributed by atoms with Crippen LogP contribution in [-0.2, 0) is 0 Å². The van der Waals surface area contributed by atoms with Crippen molar-refractivity contribution in [2.75, 3.05) is 0 Å². The zero-order valence-corrected chi connectivity index (χ0v) is 13.2. The smallest absolute Gasteiger partial charge is 0.271 e. The van der Waals surface area contributed by atoms with E-state index < -0.39 is 0 Å². The summed E-state index contributed by atoms with van der Waals surface area (Å²) in [5.41, 5.74) is 4.05. The first-order chi connectivity index (χ1) is 11.6. The van der Waals surface area contributed by atoms with E-state index in [-0.39, 0.29) is 10.6 Å². The van der Waals surface area contributed by atoms with Gasteiger partial charge in [-0.15, -0.1) is 0 Å². The zero-order chi connectivity index (χ0) is 16.8. The lowest BCUT2D eigenvalue weighted by molar-refractivity contribution is -0.384. The van der Waals surface area contributed by atoms with Crippen LogP contribution in [0.25, 0.3) is 27.8 Å². The molecule has 6 nitrogen and oxygen atoms in total. The topological polar surface area (TPSA) is 73.8 Å². The minimum atomic E-state index is -0.385. The number of fused-ring (bicyclic) bond motifs is 3. The predicted molar refractivity (Wildman–Crippen MR) is 92.5 cm³/mol. The highest BCUT2D eigenvalue weighted by Crippen LogP contribution is 2.34. The maximum absolute atomic E-state index is 11.2. The summed E-state index contributed by atoms with van der Waals surface area (Å²) in [7, 11) is 0. The number of rotatable bonds is 2. The van der Waals surface area contributed by atoms with Gasteiger partial charge in [0.2, 0.25) is 5.95 Å². The summed E-state index contributed by atoms with van der Waals surface area (Å²) in [6, 6.07) is 10.8. The first-order valence-corrected chi connectivity index (χ1v) is 7.53. The van der Waals surface area contributed by atoms with Gasteiger partial charge in [-0.25, -0.2) is 9.97 Å². The molecule has 0 amide bonds.